The molecule has 0 radical (unpaired) electrons. The smallest absolute Gasteiger partial charge is 0.341 e. The summed E-state index contributed by atoms with van der Waals surface area (Å²) in [4.78, 5) is 10.9. The van der Waals surface area contributed by atoms with Gasteiger partial charge in [0.15, 0.2) is 16.4 Å². The lowest BCUT2D eigenvalue weighted by atomic mass is 10.0. The number of sulfone groups is 1. The van der Waals surface area contributed by atoms with Gasteiger partial charge in [0.1, 0.15) is 5.75 Å². The van der Waals surface area contributed by atoms with E-state index in [1.807, 2.05) is 0 Å². The SMILES string of the molecule is CS(=O)(=O)c1cc(C#Cc2cc(Cl)ccc2OCC(=O)O)ccc1-c1ccc(Cl)cc1. The molecule has 0 aliphatic heterocycles. The Kier molecular flexibility index (Phi) is 6.91. The molecule has 0 aliphatic rings. The molecule has 0 fully saturated rings. The van der Waals surface area contributed by atoms with Crippen LogP contribution >= 0.6 is 23.2 Å². The van der Waals surface area contributed by atoms with Crippen molar-refractivity contribution in [2.24, 2.45) is 0 Å². The van der Waals surface area contributed by atoms with Crippen molar-refractivity contribution in [1.82, 2.24) is 0 Å². The second-order valence-electron chi connectivity index (χ2n) is 6.56. The van der Waals surface area contributed by atoms with Gasteiger partial charge in [-0.25, -0.2) is 13.2 Å². The van der Waals surface area contributed by atoms with Crippen molar-refractivity contribution in [2.45, 2.75) is 4.90 Å². The molecule has 0 saturated carbocycles. The van der Waals surface area contributed by atoms with Gasteiger partial charge in [-0.2, -0.15) is 0 Å². The monoisotopic (exact) mass is 474 g/mol. The largest absolute Gasteiger partial charge is 0.481 e. The first kappa shape index (κ1) is 22.7. The van der Waals surface area contributed by atoms with E-state index in [-0.39, 0.29) is 10.6 Å². The first-order valence-electron chi connectivity index (χ1n) is 8.90. The van der Waals surface area contributed by atoms with Crippen LogP contribution in [0.15, 0.2) is 65.6 Å². The number of ether oxygens (including phenoxy) is 1. The van der Waals surface area contributed by atoms with Gasteiger partial charge in [-0.15, -0.1) is 0 Å². The van der Waals surface area contributed by atoms with Gasteiger partial charge in [0.05, 0.1) is 10.5 Å². The Morgan fingerprint density at radius 2 is 1.65 bits per heavy atom. The van der Waals surface area contributed by atoms with Crippen molar-refractivity contribution in [2.75, 3.05) is 12.9 Å². The first-order valence-corrected chi connectivity index (χ1v) is 11.5. The Morgan fingerprint density at radius 3 is 2.29 bits per heavy atom. The van der Waals surface area contributed by atoms with E-state index in [1.165, 1.54) is 12.1 Å². The number of hydrogen-bond donors (Lipinski definition) is 1. The lowest BCUT2D eigenvalue weighted by molar-refractivity contribution is -0.139. The van der Waals surface area contributed by atoms with Crippen molar-refractivity contribution in [1.29, 1.82) is 0 Å². The summed E-state index contributed by atoms with van der Waals surface area (Å²) in [5, 5.41) is 9.77. The van der Waals surface area contributed by atoms with E-state index in [4.69, 9.17) is 33.0 Å². The Balaban J connectivity index is 2.03. The summed E-state index contributed by atoms with van der Waals surface area (Å²) in [6, 6.07) is 16.4. The highest BCUT2D eigenvalue weighted by molar-refractivity contribution is 7.90. The van der Waals surface area contributed by atoms with Crippen LogP contribution in [0.3, 0.4) is 0 Å². The fourth-order valence-electron chi connectivity index (χ4n) is 2.78. The zero-order valence-corrected chi connectivity index (χ0v) is 18.6. The second kappa shape index (κ2) is 9.44. The predicted octanol–water partition coefficient (Wildman–Crippen LogP) is 4.93. The van der Waals surface area contributed by atoms with Gasteiger partial charge in [-0.1, -0.05) is 53.2 Å². The zero-order chi connectivity index (χ0) is 22.6. The van der Waals surface area contributed by atoms with E-state index in [0.29, 0.717) is 32.3 Å². The van der Waals surface area contributed by atoms with Crippen LogP contribution in [0.5, 0.6) is 5.75 Å². The highest BCUT2D eigenvalue weighted by Gasteiger charge is 2.15. The maximum Gasteiger partial charge on any atom is 0.341 e. The summed E-state index contributed by atoms with van der Waals surface area (Å²) in [5.74, 6) is 4.91. The first-order chi connectivity index (χ1) is 14.6. The van der Waals surface area contributed by atoms with E-state index in [0.717, 1.165) is 6.26 Å². The molecule has 0 bridgehead atoms. The molecular weight excluding hydrogens is 459 g/mol. The summed E-state index contributed by atoms with van der Waals surface area (Å²) < 4.78 is 30.0. The Bertz CT molecular complexity index is 1300. The van der Waals surface area contributed by atoms with E-state index < -0.39 is 22.4 Å². The maximum atomic E-state index is 12.4. The van der Waals surface area contributed by atoms with Gasteiger partial charge in [0, 0.05) is 27.4 Å². The third-order valence-electron chi connectivity index (χ3n) is 4.17. The van der Waals surface area contributed by atoms with Crippen LogP contribution in [0.2, 0.25) is 10.0 Å². The molecular formula is C23H16Cl2O5S. The van der Waals surface area contributed by atoms with E-state index in [2.05, 4.69) is 11.8 Å². The van der Waals surface area contributed by atoms with Crippen LogP contribution in [0, 0.1) is 11.8 Å². The number of carboxylic acids is 1. The average molecular weight is 475 g/mol. The molecule has 5 nitrogen and oxygen atoms in total. The quantitative estimate of drug-likeness (QED) is 0.530. The van der Waals surface area contributed by atoms with E-state index in [9.17, 15) is 13.2 Å². The lowest BCUT2D eigenvalue weighted by Crippen LogP contribution is -2.10. The molecule has 8 heteroatoms. The fourth-order valence-corrected chi connectivity index (χ4v) is 4.00. The van der Waals surface area contributed by atoms with Crippen molar-refractivity contribution in [3.8, 4) is 28.7 Å². The van der Waals surface area contributed by atoms with Crippen LogP contribution < -0.4 is 4.74 Å². The number of hydrogen-bond acceptors (Lipinski definition) is 4. The summed E-state index contributed by atoms with van der Waals surface area (Å²) in [6.45, 7) is -0.523. The summed E-state index contributed by atoms with van der Waals surface area (Å²) in [5.41, 5.74) is 2.10. The Labute approximate surface area is 190 Å². The molecule has 0 aliphatic carbocycles. The maximum absolute atomic E-state index is 12.4. The molecule has 158 valence electrons. The summed E-state index contributed by atoms with van der Waals surface area (Å²) in [6.07, 6.45) is 1.13. The number of rotatable bonds is 5. The van der Waals surface area contributed by atoms with Gasteiger partial charge in [0.2, 0.25) is 0 Å². The minimum atomic E-state index is -3.54. The number of aliphatic carboxylic acids is 1. The summed E-state index contributed by atoms with van der Waals surface area (Å²) in [7, 11) is -3.54. The molecule has 1 N–H and O–H groups in total. The normalized spacial score (nSPS) is 10.8. The van der Waals surface area contributed by atoms with Gasteiger partial charge >= 0.3 is 5.97 Å². The number of halogens is 2. The van der Waals surface area contributed by atoms with Gasteiger partial charge < -0.3 is 9.84 Å². The van der Waals surface area contributed by atoms with Crippen LogP contribution in [0.1, 0.15) is 11.1 Å². The fraction of sp³-hybridized carbons (Fsp3) is 0.0870. The zero-order valence-electron chi connectivity index (χ0n) is 16.2. The van der Waals surface area contributed by atoms with E-state index in [1.54, 1.807) is 48.5 Å². The van der Waals surface area contributed by atoms with Gasteiger partial charge in [-0.05, 0) is 48.0 Å². The minimum Gasteiger partial charge on any atom is -0.481 e. The molecule has 0 heterocycles. The lowest BCUT2D eigenvalue weighted by Gasteiger charge is -2.09. The van der Waals surface area contributed by atoms with Crippen molar-refractivity contribution >= 4 is 39.0 Å². The van der Waals surface area contributed by atoms with Crippen molar-refractivity contribution in [3.05, 3.63) is 81.8 Å². The molecule has 3 aromatic rings. The van der Waals surface area contributed by atoms with Crippen molar-refractivity contribution in [3.63, 3.8) is 0 Å². The number of carbonyl (C=O) groups is 1. The molecule has 0 saturated heterocycles. The molecule has 31 heavy (non-hydrogen) atoms. The van der Waals surface area contributed by atoms with Crippen LogP contribution in [-0.4, -0.2) is 32.4 Å². The average Bonchev–Trinajstić information content (AvgIpc) is 2.71. The van der Waals surface area contributed by atoms with Crippen molar-refractivity contribution < 1.29 is 23.1 Å². The predicted molar refractivity (Wildman–Crippen MR) is 121 cm³/mol. The summed E-state index contributed by atoms with van der Waals surface area (Å²) >= 11 is 11.9. The van der Waals surface area contributed by atoms with Gasteiger partial charge in [0.25, 0.3) is 0 Å². The van der Waals surface area contributed by atoms with Crippen LogP contribution in [0.25, 0.3) is 11.1 Å². The molecule has 0 spiro atoms. The molecule has 0 unspecified atom stereocenters. The highest BCUT2D eigenvalue weighted by atomic mass is 35.5. The third-order valence-corrected chi connectivity index (χ3v) is 5.79. The van der Waals surface area contributed by atoms with E-state index >= 15 is 0 Å². The Morgan fingerprint density at radius 1 is 0.968 bits per heavy atom. The molecule has 0 atom stereocenters. The molecule has 0 aromatic heterocycles. The molecule has 3 aromatic carbocycles. The standard InChI is InChI=1S/C23H16Cl2O5S/c1-31(28,29)22-12-15(3-10-20(22)16-5-7-18(24)8-6-16)2-4-17-13-19(25)9-11-21(17)30-14-23(26)27/h3,5-13H,14H2,1H3,(H,26,27). The molecule has 0 amide bonds. The van der Waals surface area contributed by atoms with Crippen LogP contribution in [0.4, 0.5) is 0 Å². The topological polar surface area (TPSA) is 80.7 Å². The second-order valence-corrected chi connectivity index (χ2v) is 9.42. The third kappa shape index (κ3) is 6.02. The number of carboxylic acid groups (broad SMARTS) is 1. The van der Waals surface area contributed by atoms with Gasteiger partial charge in [-0.3, -0.25) is 0 Å². The van der Waals surface area contributed by atoms with Crippen LogP contribution in [-0.2, 0) is 14.6 Å². The highest BCUT2D eigenvalue weighted by Crippen LogP contribution is 2.29. The minimum absolute atomic E-state index is 0.134. The molecule has 3 rings (SSSR count). The number of benzene rings is 3. The Hall–Kier alpha value is -2.98.